The van der Waals surface area contributed by atoms with Crippen molar-refractivity contribution in [3.05, 3.63) is 54.0 Å². The van der Waals surface area contributed by atoms with Gasteiger partial charge in [0.2, 0.25) is 10.0 Å². The third kappa shape index (κ3) is 2.45. The number of hydrogen-bond donors (Lipinski definition) is 3. The molecule has 8 heteroatoms. The summed E-state index contributed by atoms with van der Waals surface area (Å²) in [5.74, 6) is -0.342. The number of aliphatic hydroxyl groups is 2. The summed E-state index contributed by atoms with van der Waals surface area (Å²) in [5.41, 5.74) is 2.72. The lowest BCUT2D eigenvalue weighted by Gasteiger charge is -2.20. The number of rotatable bonds is 4. The quantitative estimate of drug-likeness (QED) is 0.649. The lowest BCUT2D eigenvalue weighted by molar-refractivity contribution is 0.171. The van der Waals surface area contributed by atoms with E-state index >= 15 is 0 Å². The molecule has 0 amide bonds. The lowest BCUT2D eigenvalue weighted by Crippen LogP contribution is -2.32. The van der Waals surface area contributed by atoms with Gasteiger partial charge in [0.05, 0.1) is 24.2 Å². The lowest BCUT2D eigenvalue weighted by atomic mass is 9.99. The zero-order valence-electron chi connectivity index (χ0n) is 13.7. The summed E-state index contributed by atoms with van der Waals surface area (Å²) in [4.78, 5) is 3.15. The maximum absolute atomic E-state index is 13.4. The van der Waals surface area contributed by atoms with Gasteiger partial charge in [-0.15, -0.1) is 0 Å². The second kappa shape index (κ2) is 6.17. The number of aromatic nitrogens is 1. The van der Waals surface area contributed by atoms with Crippen LogP contribution in [-0.2, 0) is 10.0 Å². The van der Waals surface area contributed by atoms with Crippen molar-refractivity contribution in [3.8, 4) is 11.1 Å². The number of hydrogen-bond acceptors (Lipinski definition) is 4. The van der Waals surface area contributed by atoms with E-state index in [2.05, 4.69) is 4.98 Å². The summed E-state index contributed by atoms with van der Waals surface area (Å²) in [5, 5.41) is 19.7. The smallest absolute Gasteiger partial charge is 0.244 e. The number of aliphatic hydroxyl groups excluding tert-OH is 2. The summed E-state index contributed by atoms with van der Waals surface area (Å²) < 4.78 is 39.8. The first-order chi connectivity index (χ1) is 12.5. The Morgan fingerprint density at radius 1 is 1.15 bits per heavy atom. The highest BCUT2D eigenvalue weighted by molar-refractivity contribution is 7.89. The standard InChI is InChI=1S/C18H17FN2O4S/c19-12-2-3-13-15(9-20-16(13)8-12)11-1-4-18-14(7-11)17(10-23)21(5-6-22)26(18,24)25/h1-4,7-9,17,20,22-23H,5-6,10H2. The molecule has 0 radical (unpaired) electrons. The number of H-pyrrole nitrogens is 1. The van der Waals surface area contributed by atoms with E-state index in [-0.39, 0.29) is 30.5 Å². The minimum absolute atomic E-state index is 0.0794. The summed E-state index contributed by atoms with van der Waals surface area (Å²) >= 11 is 0. The van der Waals surface area contributed by atoms with Crippen molar-refractivity contribution in [1.82, 2.24) is 9.29 Å². The van der Waals surface area contributed by atoms with Crippen LogP contribution in [0, 0.1) is 5.82 Å². The van der Waals surface area contributed by atoms with E-state index < -0.39 is 16.1 Å². The zero-order chi connectivity index (χ0) is 18.5. The zero-order valence-corrected chi connectivity index (χ0v) is 14.5. The minimum atomic E-state index is -3.75. The number of nitrogens with zero attached hydrogens (tertiary/aromatic N) is 1. The number of sulfonamides is 1. The van der Waals surface area contributed by atoms with Gasteiger partial charge in [-0.1, -0.05) is 6.07 Å². The van der Waals surface area contributed by atoms with Crippen LogP contribution >= 0.6 is 0 Å². The molecule has 2 heterocycles. The molecule has 0 saturated heterocycles. The molecule has 1 aromatic heterocycles. The molecule has 2 aromatic carbocycles. The highest BCUT2D eigenvalue weighted by Crippen LogP contribution is 2.41. The van der Waals surface area contributed by atoms with Crippen molar-refractivity contribution in [2.75, 3.05) is 19.8 Å². The van der Waals surface area contributed by atoms with Gasteiger partial charge in [-0.05, 0) is 41.5 Å². The van der Waals surface area contributed by atoms with Crippen molar-refractivity contribution < 1.29 is 23.0 Å². The third-order valence-electron chi connectivity index (χ3n) is 4.75. The fourth-order valence-electron chi connectivity index (χ4n) is 3.56. The molecule has 0 spiro atoms. The van der Waals surface area contributed by atoms with Gasteiger partial charge in [-0.25, -0.2) is 12.8 Å². The average Bonchev–Trinajstić information content (AvgIpc) is 3.12. The number of nitrogens with one attached hydrogen (secondary N) is 1. The Morgan fingerprint density at radius 3 is 2.69 bits per heavy atom. The number of β-amino-alcohol motifs (C(OH)–C–C–N with tert-alkyl or cyclic N) is 1. The molecule has 136 valence electrons. The first-order valence-electron chi connectivity index (χ1n) is 8.12. The molecule has 0 aliphatic carbocycles. The van der Waals surface area contributed by atoms with Gasteiger partial charge < -0.3 is 15.2 Å². The fraction of sp³-hybridized carbons (Fsp3) is 0.222. The van der Waals surface area contributed by atoms with Gasteiger partial charge in [0.1, 0.15) is 5.82 Å². The first kappa shape index (κ1) is 17.2. The van der Waals surface area contributed by atoms with E-state index in [1.54, 1.807) is 24.4 Å². The van der Waals surface area contributed by atoms with Crippen molar-refractivity contribution >= 4 is 20.9 Å². The van der Waals surface area contributed by atoms with Gasteiger partial charge >= 0.3 is 0 Å². The molecule has 0 bridgehead atoms. The number of aromatic amines is 1. The Balaban J connectivity index is 1.87. The van der Waals surface area contributed by atoms with E-state index in [4.69, 9.17) is 0 Å². The maximum Gasteiger partial charge on any atom is 0.244 e. The van der Waals surface area contributed by atoms with Crippen LogP contribution in [0.25, 0.3) is 22.0 Å². The predicted octanol–water partition coefficient (Wildman–Crippen LogP) is 2.00. The minimum Gasteiger partial charge on any atom is -0.395 e. The highest BCUT2D eigenvalue weighted by atomic mass is 32.2. The molecule has 0 fully saturated rings. The molecular formula is C18H17FN2O4S. The Labute approximate surface area is 149 Å². The Bertz CT molecular complexity index is 1090. The van der Waals surface area contributed by atoms with Crippen LogP contribution in [0.1, 0.15) is 11.6 Å². The van der Waals surface area contributed by atoms with Crippen LogP contribution in [0.2, 0.25) is 0 Å². The second-order valence-corrected chi connectivity index (χ2v) is 8.04. The van der Waals surface area contributed by atoms with E-state index in [9.17, 15) is 23.0 Å². The van der Waals surface area contributed by atoms with Gasteiger partial charge in [0.15, 0.2) is 0 Å². The van der Waals surface area contributed by atoms with Crippen molar-refractivity contribution in [1.29, 1.82) is 0 Å². The summed E-state index contributed by atoms with van der Waals surface area (Å²) in [6, 6.07) is 8.65. The van der Waals surface area contributed by atoms with Crippen molar-refractivity contribution in [3.63, 3.8) is 0 Å². The van der Waals surface area contributed by atoms with Crippen LogP contribution in [0.5, 0.6) is 0 Å². The molecule has 0 saturated carbocycles. The van der Waals surface area contributed by atoms with E-state index in [1.165, 1.54) is 18.2 Å². The Hall–Kier alpha value is -2.26. The topological polar surface area (TPSA) is 93.6 Å². The van der Waals surface area contributed by atoms with Crippen molar-refractivity contribution in [2.24, 2.45) is 0 Å². The van der Waals surface area contributed by atoms with E-state index in [1.807, 2.05) is 0 Å². The molecule has 1 aliphatic heterocycles. The van der Waals surface area contributed by atoms with Crippen LogP contribution in [0.15, 0.2) is 47.5 Å². The monoisotopic (exact) mass is 376 g/mol. The van der Waals surface area contributed by atoms with Gasteiger partial charge in [-0.3, -0.25) is 0 Å². The molecule has 6 nitrogen and oxygen atoms in total. The second-order valence-electron chi connectivity index (χ2n) is 6.18. The number of halogens is 1. The highest BCUT2D eigenvalue weighted by Gasteiger charge is 2.42. The number of benzene rings is 2. The third-order valence-corrected chi connectivity index (χ3v) is 6.73. The van der Waals surface area contributed by atoms with Crippen LogP contribution in [-0.4, -0.2) is 47.7 Å². The Kier molecular flexibility index (Phi) is 4.07. The van der Waals surface area contributed by atoms with Crippen LogP contribution in [0.3, 0.4) is 0 Å². The summed E-state index contributed by atoms with van der Waals surface area (Å²) in [7, 11) is -3.75. The molecule has 3 aromatic rings. The summed E-state index contributed by atoms with van der Waals surface area (Å²) in [6.45, 7) is -0.788. The van der Waals surface area contributed by atoms with Crippen LogP contribution < -0.4 is 0 Å². The average molecular weight is 376 g/mol. The number of fused-ring (bicyclic) bond motifs is 2. The molecule has 3 N–H and O–H groups in total. The summed E-state index contributed by atoms with van der Waals surface area (Å²) in [6.07, 6.45) is 1.74. The normalized spacial score (nSPS) is 19.1. The molecule has 26 heavy (non-hydrogen) atoms. The van der Waals surface area contributed by atoms with Crippen LogP contribution in [0.4, 0.5) is 4.39 Å². The Morgan fingerprint density at radius 2 is 1.96 bits per heavy atom. The molecule has 1 atom stereocenters. The van der Waals surface area contributed by atoms with E-state index in [0.717, 1.165) is 20.8 Å². The predicted molar refractivity (Wildman–Crippen MR) is 94.5 cm³/mol. The van der Waals surface area contributed by atoms with Gasteiger partial charge in [-0.2, -0.15) is 4.31 Å². The fourth-order valence-corrected chi connectivity index (χ4v) is 5.38. The van der Waals surface area contributed by atoms with Gasteiger partial charge in [0, 0.05) is 29.2 Å². The largest absolute Gasteiger partial charge is 0.395 e. The first-order valence-corrected chi connectivity index (χ1v) is 9.56. The van der Waals surface area contributed by atoms with Gasteiger partial charge in [0.25, 0.3) is 0 Å². The van der Waals surface area contributed by atoms with Crippen molar-refractivity contribution in [2.45, 2.75) is 10.9 Å². The molecular weight excluding hydrogens is 359 g/mol. The maximum atomic E-state index is 13.4. The molecule has 4 rings (SSSR count). The van der Waals surface area contributed by atoms with E-state index in [0.29, 0.717) is 11.1 Å². The SMILES string of the molecule is O=S1(=O)c2ccc(-c3c[nH]c4cc(F)ccc34)cc2C(CO)N1CCO. The molecule has 1 unspecified atom stereocenters. The molecule has 1 aliphatic rings.